The van der Waals surface area contributed by atoms with Gasteiger partial charge >= 0.3 is 0 Å². The number of carbonyl (C=O) groups excluding carboxylic acids is 1. The molecule has 0 saturated heterocycles. The van der Waals surface area contributed by atoms with E-state index >= 15 is 0 Å². The van der Waals surface area contributed by atoms with E-state index in [1.165, 1.54) is 6.33 Å². The molecule has 4 aromatic rings. The average Bonchev–Trinajstić information content (AvgIpc) is 3.18. The summed E-state index contributed by atoms with van der Waals surface area (Å²) in [6.07, 6.45) is 3.19. The summed E-state index contributed by atoms with van der Waals surface area (Å²) in [6, 6.07) is 12.9. The van der Waals surface area contributed by atoms with Crippen LogP contribution in [-0.4, -0.2) is 43.7 Å². The Kier molecular flexibility index (Phi) is 5.69. The molecular formula is C23H21N7O. The van der Waals surface area contributed by atoms with E-state index in [1.807, 2.05) is 43.4 Å². The molecule has 3 aromatic heterocycles. The quantitative estimate of drug-likeness (QED) is 0.501. The zero-order valence-corrected chi connectivity index (χ0v) is 17.4. The first-order valence-corrected chi connectivity index (χ1v) is 9.75. The standard InChI is InChI=1S/C23H21N7O/c1-15(24-2)23(31)29-20-12-17(21-22-19(25-14-26-21)13-27-30(22)3)11-18(28-20)10-9-16-7-5-4-6-8-16/h4-8,11-15,24H,1-3H3,(H,28,29,31). The van der Waals surface area contributed by atoms with Crippen LogP contribution in [0.15, 0.2) is 55.0 Å². The van der Waals surface area contributed by atoms with Crippen molar-refractivity contribution in [2.45, 2.75) is 13.0 Å². The molecule has 1 amide bonds. The number of nitrogens with zero attached hydrogens (tertiary/aromatic N) is 5. The van der Waals surface area contributed by atoms with E-state index in [1.54, 1.807) is 30.9 Å². The molecule has 31 heavy (non-hydrogen) atoms. The summed E-state index contributed by atoms with van der Waals surface area (Å²) in [5, 5.41) is 10.1. The lowest BCUT2D eigenvalue weighted by Crippen LogP contribution is -2.35. The van der Waals surface area contributed by atoms with Crippen molar-refractivity contribution >= 4 is 22.8 Å². The Morgan fingerprint density at radius 1 is 1.13 bits per heavy atom. The van der Waals surface area contributed by atoms with Crippen LogP contribution in [0.4, 0.5) is 5.82 Å². The van der Waals surface area contributed by atoms with Gasteiger partial charge in [-0.2, -0.15) is 5.10 Å². The van der Waals surface area contributed by atoms with Crippen molar-refractivity contribution in [3.05, 3.63) is 66.2 Å². The molecule has 2 N–H and O–H groups in total. The molecule has 0 bridgehead atoms. The molecule has 0 saturated carbocycles. The lowest BCUT2D eigenvalue weighted by molar-refractivity contribution is -0.117. The van der Waals surface area contributed by atoms with Crippen molar-refractivity contribution in [1.29, 1.82) is 0 Å². The fourth-order valence-electron chi connectivity index (χ4n) is 3.03. The van der Waals surface area contributed by atoms with Crippen LogP contribution in [0, 0.1) is 11.8 Å². The first-order chi connectivity index (χ1) is 15.0. The van der Waals surface area contributed by atoms with Crippen molar-refractivity contribution in [3.8, 4) is 23.1 Å². The average molecular weight is 411 g/mol. The Morgan fingerprint density at radius 3 is 2.71 bits per heavy atom. The maximum Gasteiger partial charge on any atom is 0.242 e. The number of pyridine rings is 1. The third-order valence-electron chi connectivity index (χ3n) is 4.81. The molecule has 3 heterocycles. The van der Waals surface area contributed by atoms with Gasteiger partial charge in [0.25, 0.3) is 0 Å². The minimum atomic E-state index is -0.368. The van der Waals surface area contributed by atoms with Crippen molar-refractivity contribution in [3.63, 3.8) is 0 Å². The van der Waals surface area contributed by atoms with Gasteiger partial charge in [0.15, 0.2) is 0 Å². The maximum atomic E-state index is 12.4. The van der Waals surface area contributed by atoms with Crippen LogP contribution < -0.4 is 10.6 Å². The topological polar surface area (TPSA) is 97.6 Å². The molecular weight excluding hydrogens is 390 g/mol. The molecule has 0 fully saturated rings. The van der Waals surface area contributed by atoms with Crippen molar-refractivity contribution < 1.29 is 4.79 Å². The number of hydrogen-bond acceptors (Lipinski definition) is 6. The zero-order valence-electron chi connectivity index (χ0n) is 17.4. The number of anilines is 1. The molecule has 8 nitrogen and oxygen atoms in total. The molecule has 0 radical (unpaired) electrons. The van der Waals surface area contributed by atoms with E-state index < -0.39 is 0 Å². The molecule has 0 spiro atoms. The van der Waals surface area contributed by atoms with Gasteiger partial charge in [-0.15, -0.1) is 0 Å². The van der Waals surface area contributed by atoms with E-state index in [0.717, 1.165) is 22.2 Å². The minimum absolute atomic E-state index is 0.192. The van der Waals surface area contributed by atoms with Crippen molar-refractivity contribution in [1.82, 2.24) is 30.0 Å². The fraction of sp³-hybridized carbons (Fsp3) is 0.174. The van der Waals surface area contributed by atoms with E-state index in [9.17, 15) is 4.79 Å². The number of rotatable bonds is 4. The van der Waals surface area contributed by atoms with Gasteiger partial charge in [0.05, 0.1) is 17.9 Å². The maximum absolute atomic E-state index is 12.4. The normalized spacial score (nSPS) is 11.6. The van der Waals surface area contributed by atoms with Crippen molar-refractivity contribution in [2.24, 2.45) is 7.05 Å². The number of carbonyl (C=O) groups is 1. The summed E-state index contributed by atoms with van der Waals surface area (Å²) >= 11 is 0. The summed E-state index contributed by atoms with van der Waals surface area (Å²) in [7, 11) is 3.56. The van der Waals surface area contributed by atoms with Gasteiger partial charge in [0, 0.05) is 18.2 Å². The molecule has 1 atom stereocenters. The summed E-state index contributed by atoms with van der Waals surface area (Å²) in [6.45, 7) is 1.78. The lowest BCUT2D eigenvalue weighted by Gasteiger charge is -2.12. The second-order valence-electron chi connectivity index (χ2n) is 6.97. The van der Waals surface area contributed by atoms with Crippen LogP contribution >= 0.6 is 0 Å². The molecule has 1 unspecified atom stereocenters. The van der Waals surface area contributed by atoms with E-state index in [2.05, 4.69) is 42.5 Å². The highest BCUT2D eigenvalue weighted by molar-refractivity contribution is 5.95. The Bertz CT molecular complexity index is 1300. The van der Waals surface area contributed by atoms with Crippen molar-refractivity contribution in [2.75, 3.05) is 12.4 Å². The first kappa shape index (κ1) is 20.2. The smallest absolute Gasteiger partial charge is 0.242 e. The summed E-state index contributed by atoms with van der Waals surface area (Å²) in [5.41, 5.74) is 4.36. The van der Waals surface area contributed by atoms with Crippen LogP contribution in [0.25, 0.3) is 22.3 Å². The lowest BCUT2D eigenvalue weighted by atomic mass is 10.1. The van der Waals surface area contributed by atoms with E-state index in [-0.39, 0.29) is 11.9 Å². The fourth-order valence-corrected chi connectivity index (χ4v) is 3.03. The molecule has 8 heteroatoms. The van der Waals surface area contributed by atoms with Crippen LogP contribution in [0.3, 0.4) is 0 Å². The third-order valence-corrected chi connectivity index (χ3v) is 4.81. The first-order valence-electron chi connectivity index (χ1n) is 9.75. The number of aryl methyl sites for hydroxylation is 1. The van der Waals surface area contributed by atoms with Gasteiger partial charge < -0.3 is 10.6 Å². The van der Waals surface area contributed by atoms with Crippen LogP contribution in [-0.2, 0) is 11.8 Å². The highest BCUT2D eigenvalue weighted by Gasteiger charge is 2.15. The number of fused-ring (bicyclic) bond motifs is 1. The second kappa shape index (κ2) is 8.73. The molecule has 0 aliphatic carbocycles. The molecule has 1 aromatic carbocycles. The monoisotopic (exact) mass is 411 g/mol. The highest BCUT2D eigenvalue weighted by atomic mass is 16.2. The number of amides is 1. The molecule has 154 valence electrons. The number of nitrogens with one attached hydrogen (secondary N) is 2. The summed E-state index contributed by atoms with van der Waals surface area (Å²) in [5.74, 6) is 6.41. The summed E-state index contributed by atoms with van der Waals surface area (Å²) < 4.78 is 1.72. The Balaban J connectivity index is 1.82. The van der Waals surface area contributed by atoms with Gasteiger partial charge in [0.1, 0.15) is 28.9 Å². The minimum Gasteiger partial charge on any atom is -0.309 e. The van der Waals surface area contributed by atoms with E-state index in [4.69, 9.17) is 0 Å². The Labute approximate surface area is 179 Å². The SMILES string of the molecule is CNC(C)C(=O)Nc1cc(-c2ncnc3cnn(C)c23)cc(C#Cc2ccccc2)n1. The van der Waals surface area contributed by atoms with Gasteiger partial charge in [-0.25, -0.2) is 15.0 Å². The number of hydrogen-bond donors (Lipinski definition) is 2. The molecule has 4 rings (SSSR count). The molecule has 0 aliphatic heterocycles. The van der Waals surface area contributed by atoms with Crippen LogP contribution in [0.2, 0.25) is 0 Å². The Hall–Kier alpha value is -4.09. The highest BCUT2D eigenvalue weighted by Crippen LogP contribution is 2.27. The number of likely N-dealkylation sites (N-methyl/N-ethyl adjacent to an activating group) is 1. The van der Waals surface area contributed by atoms with Crippen LogP contribution in [0.5, 0.6) is 0 Å². The second-order valence-corrected chi connectivity index (χ2v) is 6.97. The number of benzene rings is 1. The van der Waals surface area contributed by atoms with Crippen LogP contribution in [0.1, 0.15) is 18.2 Å². The zero-order chi connectivity index (χ0) is 21.8. The largest absolute Gasteiger partial charge is 0.309 e. The van der Waals surface area contributed by atoms with Gasteiger partial charge in [0.2, 0.25) is 5.91 Å². The third kappa shape index (κ3) is 4.42. The predicted octanol–water partition coefficient (Wildman–Crippen LogP) is 2.37. The van der Waals surface area contributed by atoms with Gasteiger partial charge in [-0.05, 0) is 44.2 Å². The van der Waals surface area contributed by atoms with Gasteiger partial charge in [-0.3, -0.25) is 9.48 Å². The molecule has 0 aliphatic rings. The Morgan fingerprint density at radius 2 is 1.94 bits per heavy atom. The van der Waals surface area contributed by atoms with Gasteiger partial charge in [-0.1, -0.05) is 24.1 Å². The summed E-state index contributed by atoms with van der Waals surface area (Å²) in [4.78, 5) is 25.7. The predicted molar refractivity (Wildman–Crippen MR) is 119 cm³/mol. The number of aromatic nitrogens is 5. The van der Waals surface area contributed by atoms with E-state index in [0.29, 0.717) is 17.2 Å².